The number of rotatable bonds is 5. The number of ether oxygens (including phenoxy) is 2. The maximum Gasteiger partial charge on any atom is 0.123 e. The van der Waals surface area contributed by atoms with Crippen molar-refractivity contribution in [3.63, 3.8) is 0 Å². The van der Waals surface area contributed by atoms with Gasteiger partial charge in [0.2, 0.25) is 0 Å². The Morgan fingerprint density at radius 3 is 2.47 bits per heavy atom. The largest absolute Gasteiger partial charge is 0.497 e. The van der Waals surface area contributed by atoms with Crippen LogP contribution in [0.3, 0.4) is 0 Å². The molecule has 0 amide bonds. The summed E-state index contributed by atoms with van der Waals surface area (Å²) in [6.45, 7) is 0. The van der Waals surface area contributed by atoms with Crippen LogP contribution < -0.4 is 9.47 Å². The SMILES string of the molecule is COc1ccc(OC)c(C(Br)Cc2ccncc2)c1. The summed E-state index contributed by atoms with van der Waals surface area (Å²) in [7, 11) is 3.34. The third kappa shape index (κ3) is 3.47. The van der Waals surface area contributed by atoms with Gasteiger partial charge in [0.25, 0.3) is 0 Å². The predicted octanol–water partition coefficient (Wildman–Crippen LogP) is 3.78. The first kappa shape index (κ1) is 13.9. The lowest BCUT2D eigenvalue weighted by atomic mass is 10.0. The van der Waals surface area contributed by atoms with Crippen LogP contribution in [0.15, 0.2) is 42.7 Å². The summed E-state index contributed by atoms with van der Waals surface area (Å²) in [6, 6.07) is 9.85. The normalized spacial score (nSPS) is 11.9. The summed E-state index contributed by atoms with van der Waals surface area (Å²) in [6.07, 6.45) is 4.47. The Bertz CT molecular complexity index is 531. The molecule has 0 bridgehead atoms. The van der Waals surface area contributed by atoms with E-state index in [9.17, 15) is 0 Å². The quantitative estimate of drug-likeness (QED) is 0.785. The molecule has 0 saturated carbocycles. The molecule has 2 aromatic rings. The van der Waals surface area contributed by atoms with Gasteiger partial charge in [-0.05, 0) is 42.3 Å². The van der Waals surface area contributed by atoms with Gasteiger partial charge in [0.1, 0.15) is 11.5 Å². The van der Waals surface area contributed by atoms with Crippen molar-refractivity contribution in [1.82, 2.24) is 4.98 Å². The minimum absolute atomic E-state index is 0.167. The number of halogens is 1. The molecule has 19 heavy (non-hydrogen) atoms. The van der Waals surface area contributed by atoms with Gasteiger partial charge in [-0.15, -0.1) is 0 Å². The first-order valence-electron chi connectivity index (χ1n) is 5.99. The molecular weight excluding hydrogens is 306 g/mol. The minimum Gasteiger partial charge on any atom is -0.497 e. The lowest BCUT2D eigenvalue weighted by Crippen LogP contribution is -2.00. The van der Waals surface area contributed by atoms with Gasteiger partial charge in [0.05, 0.1) is 14.2 Å². The van der Waals surface area contributed by atoms with Crippen LogP contribution in [0, 0.1) is 0 Å². The second-order valence-corrected chi connectivity index (χ2v) is 5.24. The van der Waals surface area contributed by atoms with Gasteiger partial charge in [0.15, 0.2) is 0 Å². The zero-order valence-electron chi connectivity index (χ0n) is 11.0. The molecule has 0 fully saturated rings. The van der Waals surface area contributed by atoms with E-state index in [2.05, 4.69) is 20.9 Å². The highest BCUT2D eigenvalue weighted by Gasteiger charge is 2.15. The molecule has 0 aliphatic rings. The molecule has 0 radical (unpaired) electrons. The van der Waals surface area contributed by atoms with Crippen molar-refractivity contribution in [1.29, 1.82) is 0 Å². The molecule has 100 valence electrons. The Morgan fingerprint density at radius 1 is 1.11 bits per heavy atom. The smallest absolute Gasteiger partial charge is 0.123 e. The van der Waals surface area contributed by atoms with Gasteiger partial charge in [-0.2, -0.15) is 0 Å². The maximum atomic E-state index is 5.41. The third-order valence-corrected chi connectivity index (χ3v) is 3.76. The molecule has 4 heteroatoms. The van der Waals surface area contributed by atoms with Gasteiger partial charge in [-0.3, -0.25) is 4.98 Å². The molecule has 1 aromatic heterocycles. The average Bonchev–Trinajstić information content (AvgIpc) is 2.47. The molecule has 1 unspecified atom stereocenters. The Kier molecular flexibility index (Phi) is 4.80. The standard InChI is InChI=1S/C15H16BrNO2/c1-18-12-3-4-15(19-2)13(10-12)14(16)9-11-5-7-17-8-6-11/h3-8,10,14H,9H2,1-2H3. The number of aromatic nitrogens is 1. The van der Waals surface area contributed by atoms with Crippen molar-refractivity contribution < 1.29 is 9.47 Å². The summed E-state index contributed by atoms with van der Waals surface area (Å²) < 4.78 is 10.7. The van der Waals surface area contributed by atoms with E-state index in [0.29, 0.717) is 0 Å². The van der Waals surface area contributed by atoms with Crippen molar-refractivity contribution in [2.75, 3.05) is 14.2 Å². The highest BCUT2D eigenvalue weighted by molar-refractivity contribution is 9.09. The molecule has 0 N–H and O–H groups in total. The lowest BCUT2D eigenvalue weighted by molar-refractivity contribution is 0.398. The second-order valence-electron chi connectivity index (χ2n) is 4.14. The molecule has 1 aromatic carbocycles. The van der Waals surface area contributed by atoms with E-state index in [0.717, 1.165) is 23.5 Å². The van der Waals surface area contributed by atoms with Crippen LogP contribution in [0.4, 0.5) is 0 Å². The van der Waals surface area contributed by atoms with E-state index in [1.54, 1.807) is 26.6 Å². The summed E-state index contributed by atoms with van der Waals surface area (Å²) in [5, 5.41) is 0. The van der Waals surface area contributed by atoms with Gasteiger partial charge in [-0.1, -0.05) is 15.9 Å². The number of nitrogens with zero attached hydrogens (tertiary/aromatic N) is 1. The van der Waals surface area contributed by atoms with E-state index in [1.165, 1.54) is 5.56 Å². The fourth-order valence-corrected chi connectivity index (χ4v) is 2.65. The minimum atomic E-state index is 0.167. The van der Waals surface area contributed by atoms with Crippen molar-refractivity contribution in [3.8, 4) is 11.5 Å². The molecule has 1 atom stereocenters. The molecule has 0 saturated heterocycles. The number of pyridine rings is 1. The summed E-state index contributed by atoms with van der Waals surface area (Å²) in [4.78, 5) is 4.19. The molecule has 3 nitrogen and oxygen atoms in total. The monoisotopic (exact) mass is 321 g/mol. The van der Waals surface area contributed by atoms with Crippen molar-refractivity contribution in [2.24, 2.45) is 0 Å². The average molecular weight is 322 g/mol. The third-order valence-electron chi connectivity index (χ3n) is 2.94. The summed E-state index contributed by atoms with van der Waals surface area (Å²) >= 11 is 3.72. The van der Waals surface area contributed by atoms with Crippen molar-refractivity contribution in [2.45, 2.75) is 11.2 Å². The summed E-state index contributed by atoms with van der Waals surface area (Å²) in [5.74, 6) is 1.69. The lowest BCUT2D eigenvalue weighted by Gasteiger charge is -2.15. The van der Waals surface area contributed by atoms with Crippen LogP contribution >= 0.6 is 15.9 Å². The maximum absolute atomic E-state index is 5.41. The molecule has 0 aliphatic carbocycles. The zero-order valence-corrected chi connectivity index (χ0v) is 12.6. The molecule has 0 aliphatic heterocycles. The van der Waals surface area contributed by atoms with Crippen LogP contribution in [-0.2, 0) is 6.42 Å². The predicted molar refractivity (Wildman–Crippen MR) is 79.2 cm³/mol. The van der Waals surface area contributed by atoms with Crippen LogP contribution in [0.25, 0.3) is 0 Å². The van der Waals surface area contributed by atoms with Gasteiger partial charge < -0.3 is 9.47 Å². The fraction of sp³-hybridized carbons (Fsp3) is 0.267. The summed E-state index contributed by atoms with van der Waals surface area (Å²) in [5.41, 5.74) is 2.31. The Morgan fingerprint density at radius 2 is 1.84 bits per heavy atom. The van der Waals surface area contributed by atoms with E-state index >= 15 is 0 Å². The van der Waals surface area contributed by atoms with E-state index in [-0.39, 0.29) is 4.83 Å². The topological polar surface area (TPSA) is 31.4 Å². The second kappa shape index (κ2) is 6.57. The first-order chi connectivity index (χ1) is 9.24. The number of benzene rings is 1. The first-order valence-corrected chi connectivity index (χ1v) is 6.91. The molecule has 0 spiro atoms. The van der Waals surface area contributed by atoms with Crippen LogP contribution in [0.1, 0.15) is 16.0 Å². The van der Waals surface area contributed by atoms with E-state index < -0.39 is 0 Å². The number of alkyl halides is 1. The number of methoxy groups -OCH3 is 2. The molecular formula is C15H16BrNO2. The zero-order chi connectivity index (χ0) is 13.7. The number of hydrogen-bond acceptors (Lipinski definition) is 3. The van der Waals surface area contributed by atoms with Gasteiger partial charge in [-0.25, -0.2) is 0 Å². The molecule has 2 rings (SSSR count). The molecule has 1 heterocycles. The van der Waals surface area contributed by atoms with Gasteiger partial charge in [0, 0.05) is 22.8 Å². The van der Waals surface area contributed by atoms with E-state index in [4.69, 9.17) is 9.47 Å². The van der Waals surface area contributed by atoms with Crippen molar-refractivity contribution in [3.05, 3.63) is 53.9 Å². The van der Waals surface area contributed by atoms with Gasteiger partial charge >= 0.3 is 0 Å². The Hall–Kier alpha value is -1.55. The highest BCUT2D eigenvalue weighted by atomic mass is 79.9. The Balaban J connectivity index is 2.24. The van der Waals surface area contributed by atoms with Crippen LogP contribution in [0.5, 0.6) is 11.5 Å². The van der Waals surface area contributed by atoms with Crippen molar-refractivity contribution >= 4 is 15.9 Å². The van der Waals surface area contributed by atoms with Crippen LogP contribution in [-0.4, -0.2) is 19.2 Å². The van der Waals surface area contributed by atoms with Crippen LogP contribution in [0.2, 0.25) is 0 Å². The van der Waals surface area contributed by atoms with E-state index in [1.807, 2.05) is 30.3 Å². The highest BCUT2D eigenvalue weighted by Crippen LogP contribution is 2.36. The Labute approximate surface area is 121 Å². The number of hydrogen-bond donors (Lipinski definition) is 0. The fourth-order valence-electron chi connectivity index (χ4n) is 1.92.